The molecule has 1 N–H and O–H groups in total. The Balaban J connectivity index is 2.79. The van der Waals surface area contributed by atoms with E-state index in [2.05, 4.69) is 57.1 Å². The van der Waals surface area contributed by atoms with Crippen molar-refractivity contribution in [3.8, 4) is 0 Å². The van der Waals surface area contributed by atoms with Gasteiger partial charge in [0.05, 0.1) is 5.69 Å². The highest BCUT2D eigenvalue weighted by molar-refractivity contribution is 5.21. The number of aromatic nitrogens is 1. The zero-order valence-corrected chi connectivity index (χ0v) is 12.1. The van der Waals surface area contributed by atoms with Gasteiger partial charge in [-0.15, -0.1) is 0 Å². The van der Waals surface area contributed by atoms with Crippen LogP contribution in [0.4, 0.5) is 0 Å². The maximum Gasteiger partial charge on any atom is 0.0578 e. The van der Waals surface area contributed by atoms with E-state index in [1.54, 1.807) is 0 Å². The van der Waals surface area contributed by atoms with Crippen LogP contribution < -0.4 is 5.32 Å². The van der Waals surface area contributed by atoms with E-state index in [0.29, 0.717) is 11.5 Å². The average molecular weight is 234 g/mol. The summed E-state index contributed by atoms with van der Waals surface area (Å²) >= 11 is 0. The van der Waals surface area contributed by atoms with Gasteiger partial charge in [0, 0.05) is 11.7 Å². The molecular formula is C15H26N2. The van der Waals surface area contributed by atoms with Crippen LogP contribution >= 0.6 is 0 Å². The highest BCUT2D eigenvalue weighted by Crippen LogP contribution is 2.26. The normalized spacial score (nSPS) is 13.8. The lowest BCUT2D eigenvalue weighted by Gasteiger charge is -2.23. The summed E-state index contributed by atoms with van der Waals surface area (Å²) in [6.07, 6.45) is 2.34. The Bertz CT molecular complexity index is 343. The molecule has 0 aliphatic heterocycles. The van der Waals surface area contributed by atoms with Gasteiger partial charge < -0.3 is 5.32 Å². The van der Waals surface area contributed by atoms with Gasteiger partial charge in [-0.2, -0.15) is 0 Å². The molecule has 1 atom stereocenters. The van der Waals surface area contributed by atoms with Gasteiger partial charge in [-0.1, -0.05) is 20.8 Å². The van der Waals surface area contributed by atoms with Gasteiger partial charge in [0.2, 0.25) is 0 Å². The largest absolute Gasteiger partial charge is 0.312 e. The van der Waals surface area contributed by atoms with Crippen LogP contribution in [0.5, 0.6) is 0 Å². The van der Waals surface area contributed by atoms with Crippen LogP contribution in [-0.4, -0.2) is 12.0 Å². The first kappa shape index (κ1) is 14.2. The third-order valence-corrected chi connectivity index (χ3v) is 3.01. The molecule has 0 saturated heterocycles. The van der Waals surface area contributed by atoms with Gasteiger partial charge in [0.25, 0.3) is 0 Å². The molecule has 17 heavy (non-hydrogen) atoms. The third-order valence-electron chi connectivity index (χ3n) is 3.01. The van der Waals surface area contributed by atoms with Crippen molar-refractivity contribution in [2.45, 2.75) is 53.5 Å². The number of aryl methyl sites for hydroxylation is 2. The van der Waals surface area contributed by atoms with Crippen molar-refractivity contribution in [1.82, 2.24) is 10.3 Å². The van der Waals surface area contributed by atoms with Crippen LogP contribution in [0.2, 0.25) is 0 Å². The summed E-state index contributed by atoms with van der Waals surface area (Å²) in [6.45, 7) is 11.1. The first-order valence-electron chi connectivity index (χ1n) is 6.44. The smallest absolute Gasteiger partial charge is 0.0578 e. The molecule has 0 saturated carbocycles. The number of rotatable bonds is 4. The standard InChI is InChI=1S/C15H26N2/c1-11-9-12(2)17-14(10-11)13(16-6)7-8-15(3,4)5/h9-10,13,16H,7-8H2,1-6H3. The molecule has 2 heteroatoms. The Morgan fingerprint density at radius 3 is 2.35 bits per heavy atom. The zero-order chi connectivity index (χ0) is 13.1. The third kappa shape index (κ3) is 4.86. The Hall–Kier alpha value is -0.890. The van der Waals surface area contributed by atoms with E-state index < -0.39 is 0 Å². The first-order valence-corrected chi connectivity index (χ1v) is 6.44. The number of nitrogens with one attached hydrogen (secondary N) is 1. The second kappa shape index (κ2) is 5.63. The molecule has 0 bridgehead atoms. The lowest BCUT2D eigenvalue weighted by atomic mass is 9.88. The summed E-state index contributed by atoms with van der Waals surface area (Å²) in [6, 6.07) is 4.68. The second-order valence-corrected chi connectivity index (χ2v) is 6.15. The minimum Gasteiger partial charge on any atom is -0.312 e. The molecule has 0 radical (unpaired) electrons. The molecule has 0 aromatic carbocycles. The van der Waals surface area contributed by atoms with E-state index in [1.165, 1.54) is 17.7 Å². The lowest BCUT2D eigenvalue weighted by molar-refractivity contribution is 0.336. The van der Waals surface area contributed by atoms with Crippen molar-refractivity contribution in [3.63, 3.8) is 0 Å². The van der Waals surface area contributed by atoms with Gasteiger partial charge in [-0.25, -0.2) is 0 Å². The Morgan fingerprint density at radius 2 is 1.88 bits per heavy atom. The van der Waals surface area contributed by atoms with Crippen molar-refractivity contribution in [2.75, 3.05) is 7.05 Å². The Kier molecular flexibility index (Phi) is 4.70. The Morgan fingerprint density at radius 1 is 1.24 bits per heavy atom. The molecule has 1 aromatic rings. The van der Waals surface area contributed by atoms with Crippen molar-refractivity contribution in [3.05, 3.63) is 29.1 Å². The van der Waals surface area contributed by atoms with Crippen LogP contribution in [-0.2, 0) is 0 Å². The average Bonchev–Trinajstić information content (AvgIpc) is 2.15. The summed E-state index contributed by atoms with van der Waals surface area (Å²) in [5.74, 6) is 0. The minimum atomic E-state index is 0.368. The molecule has 1 unspecified atom stereocenters. The maximum absolute atomic E-state index is 4.64. The fourth-order valence-corrected chi connectivity index (χ4v) is 2.07. The topological polar surface area (TPSA) is 24.9 Å². The van der Waals surface area contributed by atoms with Crippen LogP contribution in [0.25, 0.3) is 0 Å². The van der Waals surface area contributed by atoms with E-state index in [9.17, 15) is 0 Å². The number of hydrogen-bond acceptors (Lipinski definition) is 2. The summed E-state index contributed by atoms with van der Waals surface area (Å²) in [7, 11) is 2.02. The molecule has 1 rings (SSSR count). The van der Waals surface area contributed by atoms with Crippen LogP contribution in [0.15, 0.2) is 12.1 Å². The first-order chi connectivity index (χ1) is 7.81. The predicted octanol–water partition coefficient (Wildman–Crippen LogP) is 3.79. The SMILES string of the molecule is CNC(CCC(C)(C)C)c1cc(C)cc(C)n1. The van der Waals surface area contributed by atoms with Gasteiger partial charge in [-0.3, -0.25) is 4.98 Å². The maximum atomic E-state index is 4.64. The van der Waals surface area contributed by atoms with Crippen LogP contribution in [0.1, 0.15) is 56.6 Å². The highest BCUT2D eigenvalue weighted by atomic mass is 14.9. The van der Waals surface area contributed by atoms with E-state index in [0.717, 1.165) is 12.1 Å². The fraction of sp³-hybridized carbons (Fsp3) is 0.667. The number of nitrogens with zero attached hydrogens (tertiary/aromatic N) is 1. The second-order valence-electron chi connectivity index (χ2n) is 6.15. The quantitative estimate of drug-likeness (QED) is 0.857. The van der Waals surface area contributed by atoms with Crippen molar-refractivity contribution in [1.29, 1.82) is 0 Å². The molecule has 0 spiro atoms. The van der Waals surface area contributed by atoms with Gasteiger partial charge in [0.15, 0.2) is 0 Å². The van der Waals surface area contributed by atoms with Gasteiger partial charge in [0.1, 0.15) is 0 Å². The molecule has 1 aromatic heterocycles. The fourth-order valence-electron chi connectivity index (χ4n) is 2.07. The van der Waals surface area contributed by atoms with Crippen LogP contribution in [0, 0.1) is 19.3 Å². The van der Waals surface area contributed by atoms with Crippen molar-refractivity contribution in [2.24, 2.45) is 5.41 Å². The van der Waals surface area contributed by atoms with Crippen LogP contribution in [0.3, 0.4) is 0 Å². The minimum absolute atomic E-state index is 0.368. The predicted molar refractivity (Wildman–Crippen MR) is 74.2 cm³/mol. The highest BCUT2D eigenvalue weighted by Gasteiger charge is 2.16. The molecule has 0 fully saturated rings. The number of hydrogen-bond donors (Lipinski definition) is 1. The van der Waals surface area contributed by atoms with E-state index in [4.69, 9.17) is 0 Å². The van der Waals surface area contributed by atoms with Gasteiger partial charge >= 0.3 is 0 Å². The van der Waals surface area contributed by atoms with Gasteiger partial charge in [-0.05, 0) is 56.8 Å². The summed E-state index contributed by atoms with van der Waals surface area (Å²) in [5, 5.41) is 3.38. The molecule has 0 aliphatic rings. The lowest BCUT2D eigenvalue weighted by Crippen LogP contribution is -2.20. The molecule has 2 nitrogen and oxygen atoms in total. The van der Waals surface area contributed by atoms with E-state index in [-0.39, 0.29) is 0 Å². The monoisotopic (exact) mass is 234 g/mol. The molecular weight excluding hydrogens is 208 g/mol. The molecule has 96 valence electrons. The summed E-state index contributed by atoms with van der Waals surface area (Å²) in [4.78, 5) is 4.64. The van der Waals surface area contributed by atoms with Crippen molar-refractivity contribution < 1.29 is 0 Å². The van der Waals surface area contributed by atoms with E-state index in [1.807, 2.05) is 7.05 Å². The summed E-state index contributed by atoms with van der Waals surface area (Å²) in [5.41, 5.74) is 3.96. The van der Waals surface area contributed by atoms with E-state index >= 15 is 0 Å². The van der Waals surface area contributed by atoms with Crippen molar-refractivity contribution >= 4 is 0 Å². The zero-order valence-electron chi connectivity index (χ0n) is 12.1. The molecule has 0 aliphatic carbocycles. The summed E-state index contributed by atoms with van der Waals surface area (Å²) < 4.78 is 0. The number of pyridine rings is 1. The Labute approximate surface area is 106 Å². The molecule has 0 amide bonds. The molecule has 1 heterocycles.